The number of nitrogens with one attached hydrogen (secondary N) is 2. The van der Waals surface area contributed by atoms with Crippen molar-refractivity contribution in [1.82, 2.24) is 15.5 Å². The van der Waals surface area contributed by atoms with Gasteiger partial charge in [0, 0.05) is 12.0 Å². The molecule has 0 amide bonds. The van der Waals surface area contributed by atoms with Gasteiger partial charge in [0.05, 0.1) is 11.8 Å². The first-order valence-corrected chi connectivity index (χ1v) is 4.32. The highest BCUT2D eigenvalue weighted by atomic mass is 16.6. The average Bonchev–Trinajstić information content (AvgIpc) is 2.51. The summed E-state index contributed by atoms with van der Waals surface area (Å²) in [6, 6.07) is 0. The van der Waals surface area contributed by atoms with Crippen LogP contribution in [-0.2, 0) is 6.42 Å². The minimum absolute atomic E-state index is 0.0201. The van der Waals surface area contributed by atoms with Crippen molar-refractivity contribution < 1.29 is 4.92 Å². The molecular weight excluding hydrogens is 184 g/mol. The molecule has 1 aromatic rings. The fraction of sp³-hybridized carbons (Fsp3) is 0.625. The van der Waals surface area contributed by atoms with Gasteiger partial charge in [-0.05, 0) is 25.8 Å². The van der Waals surface area contributed by atoms with Crippen LogP contribution >= 0.6 is 0 Å². The van der Waals surface area contributed by atoms with Gasteiger partial charge in [0.25, 0.3) is 0 Å². The summed E-state index contributed by atoms with van der Waals surface area (Å²) in [6.07, 6.45) is 2.06. The van der Waals surface area contributed by atoms with Crippen LogP contribution in [0.4, 0.5) is 5.82 Å². The molecule has 0 aromatic carbocycles. The van der Waals surface area contributed by atoms with Crippen molar-refractivity contribution in [3.63, 3.8) is 0 Å². The van der Waals surface area contributed by atoms with Crippen LogP contribution in [0.3, 0.4) is 0 Å². The molecule has 6 heteroatoms. The van der Waals surface area contributed by atoms with E-state index in [1.54, 1.807) is 0 Å². The Kier molecular flexibility index (Phi) is 2.85. The molecule has 1 rings (SSSR count). The maximum absolute atomic E-state index is 10.6. The van der Waals surface area contributed by atoms with E-state index in [2.05, 4.69) is 15.5 Å². The summed E-state index contributed by atoms with van der Waals surface area (Å²) in [5.74, 6) is -0.0201. The van der Waals surface area contributed by atoms with E-state index in [0.29, 0.717) is 12.0 Å². The molecule has 0 radical (unpaired) electrons. The SMILES string of the molecule is CNC(C)(C)Cc1cn[nH]c1[N+](=O)[O-]. The van der Waals surface area contributed by atoms with Crippen LogP contribution in [0.1, 0.15) is 19.4 Å². The van der Waals surface area contributed by atoms with Crippen molar-refractivity contribution in [3.05, 3.63) is 21.9 Å². The van der Waals surface area contributed by atoms with E-state index in [9.17, 15) is 10.1 Å². The first-order chi connectivity index (χ1) is 6.46. The molecule has 0 saturated carbocycles. The molecule has 0 bridgehead atoms. The molecule has 0 aliphatic carbocycles. The van der Waals surface area contributed by atoms with Gasteiger partial charge in [-0.25, -0.2) is 0 Å². The second-order valence-electron chi connectivity index (χ2n) is 3.81. The maximum atomic E-state index is 10.6. The van der Waals surface area contributed by atoms with Gasteiger partial charge in [-0.3, -0.25) is 0 Å². The minimum atomic E-state index is -0.450. The number of aromatic amines is 1. The Labute approximate surface area is 81.9 Å². The Morgan fingerprint density at radius 2 is 2.36 bits per heavy atom. The van der Waals surface area contributed by atoms with E-state index in [1.165, 1.54) is 6.20 Å². The molecule has 6 nitrogen and oxygen atoms in total. The number of nitrogens with zero attached hydrogens (tertiary/aromatic N) is 2. The molecule has 2 N–H and O–H groups in total. The Morgan fingerprint density at radius 1 is 1.71 bits per heavy atom. The molecular formula is C8H14N4O2. The number of hydrogen-bond donors (Lipinski definition) is 2. The highest BCUT2D eigenvalue weighted by Crippen LogP contribution is 2.19. The van der Waals surface area contributed by atoms with E-state index in [1.807, 2.05) is 20.9 Å². The number of nitro groups is 1. The lowest BCUT2D eigenvalue weighted by molar-refractivity contribution is -0.390. The number of likely N-dealkylation sites (N-methyl/N-ethyl adjacent to an activating group) is 1. The largest absolute Gasteiger partial charge is 0.358 e. The zero-order valence-corrected chi connectivity index (χ0v) is 8.50. The van der Waals surface area contributed by atoms with E-state index in [0.717, 1.165) is 0 Å². The van der Waals surface area contributed by atoms with Crippen LogP contribution in [0.5, 0.6) is 0 Å². The van der Waals surface area contributed by atoms with Crippen molar-refractivity contribution in [2.24, 2.45) is 0 Å². The molecule has 0 aliphatic rings. The summed E-state index contributed by atoms with van der Waals surface area (Å²) in [6.45, 7) is 3.95. The van der Waals surface area contributed by atoms with E-state index in [-0.39, 0.29) is 11.4 Å². The number of hydrogen-bond acceptors (Lipinski definition) is 4. The average molecular weight is 198 g/mol. The van der Waals surface area contributed by atoms with Crippen LogP contribution in [0.15, 0.2) is 6.20 Å². The van der Waals surface area contributed by atoms with Crippen molar-refractivity contribution in [2.45, 2.75) is 25.8 Å². The standard InChI is InChI=1S/C8H14N4O2/c1-8(2,9-3)4-6-5-10-11-7(6)12(13)14/h5,9H,4H2,1-3H3,(H,10,11). The van der Waals surface area contributed by atoms with Crippen LogP contribution in [0, 0.1) is 10.1 Å². The third-order valence-electron chi connectivity index (χ3n) is 2.19. The lowest BCUT2D eigenvalue weighted by Crippen LogP contribution is -2.38. The quantitative estimate of drug-likeness (QED) is 0.555. The molecule has 14 heavy (non-hydrogen) atoms. The third-order valence-corrected chi connectivity index (χ3v) is 2.19. The molecule has 0 atom stereocenters. The maximum Gasteiger partial charge on any atom is 0.345 e. The van der Waals surface area contributed by atoms with Gasteiger partial charge in [-0.15, -0.1) is 5.10 Å². The predicted molar refractivity (Wildman–Crippen MR) is 52.1 cm³/mol. The molecule has 0 spiro atoms. The van der Waals surface area contributed by atoms with Gasteiger partial charge >= 0.3 is 5.82 Å². The monoisotopic (exact) mass is 198 g/mol. The fourth-order valence-electron chi connectivity index (χ4n) is 1.16. The highest BCUT2D eigenvalue weighted by molar-refractivity contribution is 5.30. The first-order valence-electron chi connectivity index (χ1n) is 4.32. The molecule has 78 valence electrons. The van der Waals surface area contributed by atoms with Crippen molar-refractivity contribution in [3.8, 4) is 0 Å². The van der Waals surface area contributed by atoms with Gasteiger partial charge in [0.15, 0.2) is 0 Å². The van der Waals surface area contributed by atoms with Gasteiger partial charge in [0.2, 0.25) is 0 Å². The van der Waals surface area contributed by atoms with Crippen LogP contribution in [-0.4, -0.2) is 27.7 Å². The normalized spacial score (nSPS) is 11.6. The van der Waals surface area contributed by atoms with Crippen molar-refractivity contribution in [1.29, 1.82) is 0 Å². The zero-order valence-electron chi connectivity index (χ0n) is 8.50. The number of aromatic nitrogens is 2. The Morgan fingerprint density at radius 3 is 2.86 bits per heavy atom. The van der Waals surface area contributed by atoms with Gasteiger partial charge < -0.3 is 15.4 Å². The third kappa shape index (κ3) is 2.29. The van der Waals surface area contributed by atoms with Crippen molar-refractivity contribution >= 4 is 5.82 Å². The smallest absolute Gasteiger partial charge is 0.345 e. The Hall–Kier alpha value is -1.43. The summed E-state index contributed by atoms with van der Waals surface area (Å²) in [7, 11) is 1.83. The Bertz CT molecular complexity index is 332. The van der Waals surface area contributed by atoms with E-state index < -0.39 is 4.92 Å². The molecule has 1 heterocycles. The second-order valence-corrected chi connectivity index (χ2v) is 3.81. The lowest BCUT2D eigenvalue weighted by Gasteiger charge is -2.22. The topological polar surface area (TPSA) is 83.8 Å². The second kappa shape index (κ2) is 3.75. The first kappa shape index (κ1) is 10.6. The zero-order chi connectivity index (χ0) is 10.8. The molecule has 0 fully saturated rings. The number of rotatable bonds is 4. The van der Waals surface area contributed by atoms with Crippen molar-refractivity contribution in [2.75, 3.05) is 7.05 Å². The molecule has 0 unspecified atom stereocenters. The van der Waals surface area contributed by atoms with E-state index in [4.69, 9.17) is 0 Å². The molecule has 0 aliphatic heterocycles. The summed E-state index contributed by atoms with van der Waals surface area (Å²) in [5.41, 5.74) is 0.448. The fourth-order valence-corrected chi connectivity index (χ4v) is 1.16. The van der Waals surface area contributed by atoms with Crippen LogP contribution in [0.25, 0.3) is 0 Å². The summed E-state index contributed by atoms with van der Waals surface area (Å²) in [4.78, 5) is 10.1. The lowest BCUT2D eigenvalue weighted by atomic mass is 9.97. The summed E-state index contributed by atoms with van der Waals surface area (Å²) >= 11 is 0. The number of H-pyrrole nitrogens is 1. The van der Waals surface area contributed by atoms with Crippen LogP contribution in [0.2, 0.25) is 0 Å². The summed E-state index contributed by atoms with van der Waals surface area (Å²) in [5, 5.41) is 19.7. The highest BCUT2D eigenvalue weighted by Gasteiger charge is 2.23. The minimum Gasteiger partial charge on any atom is -0.358 e. The predicted octanol–water partition coefficient (Wildman–Crippen LogP) is 0.858. The van der Waals surface area contributed by atoms with Gasteiger partial charge in [0.1, 0.15) is 0 Å². The Balaban J connectivity index is 2.86. The molecule has 1 aromatic heterocycles. The molecule has 0 saturated heterocycles. The summed E-state index contributed by atoms with van der Waals surface area (Å²) < 4.78 is 0. The van der Waals surface area contributed by atoms with Crippen LogP contribution < -0.4 is 5.32 Å². The van der Waals surface area contributed by atoms with Gasteiger partial charge in [-0.2, -0.15) is 0 Å². The van der Waals surface area contributed by atoms with Gasteiger partial charge in [-0.1, -0.05) is 5.10 Å². The van der Waals surface area contributed by atoms with E-state index >= 15 is 0 Å².